The highest BCUT2D eigenvalue weighted by molar-refractivity contribution is 5.69. The zero-order valence-corrected chi connectivity index (χ0v) is 21.1. The Morgan fingerprint density at radius 1 is 0.944 bits per heavy atom. The van der Waals surface area contributed by atoms with Crippen LogP contribution in [0.2, 0.25) is 0 Å². The molecule has 0 saturated carbocycles. The van der Waals surface area contributed by atoms with Gasteiger partial charge in [-0.05, 0) is 37.0 Å². The summed E-state index contributed by atoms with van der Waals surface area (Å²) in [5.41, 5.74) is 1.01. The van der Waals surface area contributed by atoms with E-state index in [-0.39, 0.29) is 23.6 Å². The van der Waals surface area contributed by atoms with Crippen molar-refractivity contribution in [3.05, 3.63) is 42.0 Å². The number of hydrogen-bond acceptors (Lipinski definition) is 5. The summed E-state index contributed by atoms with van der Waals surface area (Å²) in [6.45, 7) is 3.04. The molecule has 200 valence electrons. The van der Waals surface area contributed by atoms with Gasteiger partial charge in [-0.15, -0.1) is 0 Å². The van der Waals surface area contributed by atoms with Gasteiger partial charge in [0.25, 0.3) is 0 Å². The highest BCUT2D eigenvalue weighted by Gasteiger charge is 2.43. The van der Waals surface area contributed by atoms with Gasteiger partial charge >= 0.3 is 12.1 Å². The minimum atomic E-state index is -4.80. The summed E-state index contributed by atoms with van der Waals surface area (Å²) in [6, 6.07) is 3.34. The standard InChI is InChI=1S/C27H36F4N2O3/c1-3-5-7-8-9-10-11-12-20-17-32-26(33-18-20)22-15-14-21(16-23(22)28)36-24(27(29,30)31)19-35-25(34)13-6-4-2/h14-18,24H,3-13,19H2,1-2H3. The Balaban J connectivity index is 1.93. The Kier molecular flexibility index (Phi) is 12.6. The Labute approximate surface area is 210 Å². The molecule has 0 spiro atoms. The van der Waals surface area contributed by atoms with Crippen molar-refractivity contribution in [1.29, 1.82) is 0 Å². The number of aryl methyl sites for hydroxylation is 1. The van der Waals surface area contributed by atoms with E-state index in [1.807, 2.05) is 6.92 Å². The van der Waals surface area contributed by atoms with E-state index in [0.29, 0.717) is 12.8 Å². The van der Waals surface area contributed by atoms with Crippen molar-refractivity contribution in [3.63, 3.8) is 0 Å². The predicted molar refractivity (Wildman–Crippen MR) is 130 cm³/mol. The number of esters is 1. The number of carbonyl (C=O) groups excluding carboxylic acids is 1. The maximum absolute atomic E-state index is 14.7. The average molecular weight is 513 g/mol. The number of hydrogen-bond donors (Lipinski definition) is 0. The predicted octanol–water partition coefficient (Wildman–Crippen LogP) is 7.62. The Morgan fingerprint density at radius 2 is 1.58 bits per heavy atom. The largest absolute Gasteiger partial charge is 0.477 e. The number of ether oxygens (including phenoxy) is 2. The fourth-order valence-electron chi connectivity index (χ4n) is 3.58. The van der Waals surface area contributed by atoms with Gasteiger partial charge < -0.3 is 9.47 Å². The fraction of sp³-hybridized carbons (Fsp3) is 0.593. The SMILES string of the molecule is CCCCCCCCCc1cnc(-c2ccc(OC(COC(=O)CCCC)C(F)(F)F)cc2F)nc1. The van der Waals surface area contributed by atoms with Crippen LogP contribution in [0.4, 0.5) is 17.6 Å². The van der Waals surface area contributed by atoms with Crippen molar-refractivity contribution in [2.45, 2.75) is 96.8 Å². The van der Waals surface area contributed by atoms with Crippen LogP contribution in [0, 0.1) is 5.82 Å². The molecule has 1 heterocycles. The van der Waals surface area contributed by atoms with E-state index in [2.05, 4.69) is 16.9 Å². The van der Waals surface area contributed by atoms with E-state index in [1.165, 1.54) is 44.2 Å². The number of carbonyl (C=O) groups is 1. The van der Waals surface area contributed by atoms with E-state index in [4.69, 9.17) is 9.47 Å². The normalized spacial score (nSPS) is 12.4. The second kappa shape index (κ2) is 15.4. The molecule has 0 aliphatic carbocycles. The minimum absolute atomic E-state index is 0.0300. The molecule has 0 bridgehead atoms. The van der Waals surface area contributed by atoms with Crippen LogP contribution in [-0.2, 0) is 16.0 Å². The molecule has 2 rings (SSSR count). The highest BCUT2D eigenvalue weighted by atomic mass is 19.4. The molecule has 2 aromatic rings. The monoisotopic (exact) mass is 512 g/mol. The zero-order chi connectivity index (χ0) is 26.4. The second-order valence-electron chi connectivity index (χ2n) is 8.86. The smallest absolute Gasteiger partial charge is 0.428 e. The van der Waals surface area contributed by atoms with Gasteiger partial charge in [-0.1, -0.05) is 58.8 Å². The van der Waals surface area contributed by atoms with E-state index >= 15 is 0 Å². The Morgan fingerprint density at radius 3 is 2.19 bits per heavy atom. The van der Waals surface area contributed by atoms with Crippen LogP contribution >= 0.6 is 0 Å². The molecule has 0 saturated heterocycles. The highest BCUT2D eigenvalue weighted by Crippen LogP contribution is 2.29. The van der Waals surface area contributed by atoms with E-state index < -0.39 is 30.7 Å². The van der Waals surface area contributed by atoms with E-state index in [1.54, 1.807) is 12.4 Å². The van der Waals surface area contributed by atoms with Crippen LogP contribution in [0.15, 0.2) is 30.6 Å². The lowest BCUT2D eigenvalue weighted by Crippen LogP contribution is -2.39. The number of halogens is 4. The van der Waals surface area contributed by atoms with E-state index in [0.717, 1.165) is 30.9 Å². The molecular formula is C27H36F4N2O3. The molecule has 0 radical (unpaired) electrons. The molecule has 1 atom stereocenters. The first-order chi connectivity index (χ1) is 17.2. The van der Waals surface area contributed by atoms with Gasteiger partial charge in [0.2, 0.25) is 6.10 Å². The lowest BCUT2D eigenvalue weighted by molar-refractivity contribution is -0.209. The molecule has 1 unspecified atom stereocenters. The Hall–Kier alpha value is -2.71. The van der Waals surface area contributed by atoms with Crippen molar-refractivity contribution < 1.29 is 31.8 Å². The molecule has 5 nitrogen and oxygen atoms in total. The summed E-state index contributed by atoms with van der Waals surface area (Å²) in [6.07, 6.45) is 6.58. The maximum atomic E-state index is 14.7. The summed E-state index contributed by atoms with van der Waals surface area (Å²) in [7, 11) is 0. The molecule has 1 aromatic heterocycles. The molecule has 0 fully saturated rings. The second-order valence-corrected chi connectivity index (χ2v) is 8.86. The van der Waals surface area contributed by atoms with Crippen LogP contribution in [0.3, 0.4) is 0 Å². The number of aromatic nitrogens is 2. The molecule has 0 amide bonds. The molecular weight excluding hydrogens is 476 g/mol. The van der Waals surface area contributed by atoms with Crippen molar-refractivity contribution >= 4 is 5.97 Å². The maximum Gasteiger partial charge on any atom is 0.428 e. The summed E-state index contributed by atoms with van der Waals surface area (Å²) in [4.78, 5) is 20.0. The molecule has 9 heteroatoms. The van der Waals surface area contributed by atoms with Crippen molar-refractivity contribution in [1.82, 2.24) is 9.97 Å². The van der Waals surface area contributed by atoms with Gasteiger partial charge in [-0.3, -0.25) is 4.79 Å². The molecule has 0 aliphatic heterocycles. The van der Waals surface area contributed by atoms with Gasteiger partial charge in [0, 0.05) is 24.9 Å². The van der Waals surface area contributed by atoms with Gasteiger partial charge in [0.1, 0.15) is 18.2 Å². The van der Waals surface area contributed by atoms with Crippen molar-refractivity contribution in [2.75, 3.05) is 6.61 Å². The first-order valence-corrected chi connectivity index (χ1v) is 12.7. The third-order valence-electron chi connectivity index (χ3n) is 5.73. The number of benzene rings is 1. The average Bonchev–Trinajstić information content (AvgIpc) is 2.84. The molecule has 0 aliphatic rings. The zero-order valence-electron chi connectivity index (χ0n) is 21.1. The lowest BCUT2D eigenvalue weighted by atomic mass is 10.1. The van der Waals surface area contributed by atoms with Gasteiger partial charge in [0.15, 0.2) is 5.82 Å². The van der Waals surface area contributed by atoms with Crippen molar-refractivity contribution in [2.24, 2.45) is 0 Å². The topological polar surface area (TPSA) is 61.3 Å². The quantitative estimate of drug-likeness (QED) is 0.132. The number of unbranched alkanes of at least 4 members (excludes halogenated alkanes) is 7. The van der Waals surface area contributed by atoms with Gasteiger partial charge in [0.05, 0.1) is 5.56 Å². The van der Waals surface area contributed by atoms with Crippen LogP contribution in [0.5, 0.6) is 5.75 Å². The number of rotatable bonds is 16. The van der Waals surface area contributed by atoms with Crippen LogP contribution in [0.1, 0.15) is 83.6 Å². The molecule has 1 aromatic carbocycles. The summed E-state index contributed by atoms with van der Waals surface area (Å²) in [5, 5.41) is 0. The van der Waals surface area contributed by atoms with Crippen LogP contribution in [-0.4, -0.2) is 34.8 Å². The third kappa shape index (κ3) is 10.5. The van der Waals surface area contributed by atoms with Gasteiger partial charge in [-0.2, -0.15) is 13.2 Å². The fourth-order valence-corrected chi connectivity index (χ4v) is 3.58. The molecule has 0 N–H and O–H groups in total. The number of alkyl halides is 3. The Bertz CT molecular complexity index is 920. The summed E-state index contributed by atoms with van der Waals surface area (Å²) < 4.78 is 64.3. The first kappa shape index (κ1) is 29.5. The summed E-state index contributed by atoms with van der Waals surface area (Å²) >= 11 is 0. The lowest BCUT2D eigenvalue weighted by Gasteiger charge is -2.21. The number of nitrogens with zero attached hydrogens (tertiary/aromatic N) is 2. The van der Waals surface area contributed by atoms with E-state index in [9.17, 15) is 22.4 Å². The summed E-state index contributed by atoms with van der Waals surface area (Å²) in [5.74, 6) is -1.74. The third-order valence-corrected chi connectivity index (χ3v) is 5.73. The first-order valence-electron chi connectivity index (χ1n) is 12.7. The van der Waals surface area contributed by atoms with Crippen LogP contribution < -0.4 is 4.74 Å². The van der Waals surface area contributed by atoms with Gasteiger partial charge in [-0.25, -0.2) is 14.4 Å². The van der Waals surface area contributed by atoms with Crippen LogP contribution in [0.25, 0.3) is 11.4 Å². The van der Waals surface area contributed by atoms with Crippen molar-refractivity contribution in [3.8, 4) is 17.1 Å². The minimum Gasteiger partial charge on any atom is -0.477 e. The molecule has 36 heavy (non-hydrogen) atoms.